The SMILES string of the molecule is CC(C)=CCC/C(C)=C/CC/C(C)=C/CC/C(=C/Cc1cc(O)cc(C)c1O)OC=O. The third kappa shape index (κ3) is 11.3. The lowest BCUT2D eigenvalue weighted by molar-refractivity contribution is -0.125. The number of hydrogen-bond donors (Lipinski definition) is 2. The number of aryl methyl sites for hydroxylation is 1. The van der Waals surface area contributed by atoms with Crippen LogP contribution in [0.4, 0.5) is 0 Å². The van der Waals surface area contributed by atoms with Crippen LogP contribution >= 0.6 is 0 Å². The van der Waals surface area contributed by atoms with E-state index in [-0.39, 0.29) is 11.5 Å². The fourth-order valence-electron chi connectivity index (χ4n) is 3.28. The van der Waals surface area contributed by atoms with Crippen molar-refractivity contribution in [2.45, 2.75) is 79.6 Å². The first-order chi connectivity index (χ1) is 14.7. The predicted octanol–water partition coefficient (Wildman–Crippen LogP) is 7.21. The molecule has 0 unspecified atom stereocenters. The maximum absolute atomic E-state index is 10.8. The number of phenolic OH excluding ortho intramolecular Hbond substituents is 2. The van der Waals surface area contributed by atoms with Crippen molar-refractivity contribution < 1.29 is 19.7 Å². The number of benzene rings is 1. The lowest BCUT2D eigenvalue weighted by Gasteiger charge is -2.08. The summed E-state index contributed by atoms with van der Waals surface area (Å²) in [6, 6.07) is 3.04. The molecule has 0 bridgehead atoms. The average Bonchev–Trinajstić information content (AvgIpc) is 2.69. The van der Waals surface area contributed by atoms with Gasteiger partial charge in [-0.05, 0) is 96.9 Å². The third-order valence-corrected chi connectivity index (χ3v) is 5.12. The smallest absolute Gasteiger partial charge is 0.298 e. The molecule has 0 saturated heterocycles. The highest BCUT2D eigenvalue weighted by molar-refractivity contribution is 5.46. The first-order valence-corrected chi connectivity index (χ1v) is 11.0. The molecule has 0 aliphatic rings. The van der Waals surface area contributed by atoms with Gasteiger partial charge in [-0.15, -0.1) is 0 Å². The maximum atomic E-state index is 10.8. The first-order valence-electron chi connectivity index (χ1n) is 11.0. The minimum Gasteiger partial charge on any atom is -0.508 e. The van der Waals surface area contributed by atoms with E-state index in [1.54, 1.807) is 13.0 Å². The molecule has 0 atom stereocenters. The van der Waals surface area contributed by atoms with Crippen LogP contribution in [-0.2, 0) is 16.0 Å². The van der Waals surface area contributed by atoms with Gasteiger partial charge in [-0.25, -0.2) is 0 Å². The van der Waals surface area contributed by atoms with Crippen molar-refractivity contribution in [1.82, 2.24) is 0 Å². The highest BCUT2D eigenvalue weighted by Crippen LogP contribution is 2.28. The molecular formula is C27H38O4. The van der Waals surface area contributed by atoms with Gasteiger partial charge in [0, 0.05) is 12.0 Å². The van der Waals surface area contributed by atoms with E-state index in [1.165, 1.54) is 28.9 Å². The fourth-order valence-corrected chi connectivity index (χ4v) is 3.28. The number of hydrogen-bond acceptors (Lipinski definition) is 4. The van der Waals surface area contributed by atoms with E-state index in [2.05, 4.69) is 45.9 Å². The number of phenols is 2. The van der Waals surface area contributed by atoms with Gasteiger partial charge in [0.15, 0.2) is 0 Å². The van der Waals surface area contributed by atoms with Crippen LogP contribution in [0.25, 0.3) is 0 Å². The molecule has 2 N–H and O–H groups in total. The number of rotatable bonds is 13. The second-order valence-electron chi connectivity index (χ2n) is 8.36. The lowest BCUT2D eigenvalue weighted by atomic mass is 10.0. The summed E-state index contributed by atoms with van der Waals surface area (Å²) in [4.78, 5) is 10.8. The van der Waals surface area contributed by atoms with Gasteiger partial charge in [0.25, 0.3) is 6.47 Å². The van der Waals surface area contributed by atoms with E-state index < -0.39 is 0 Å². The minimum absolute atomic E-state index is 0.108. The third-order valence-electron chi connectivity index (χ3n) is 5.12. The molecule has 0 radical (unpaired) electrons. The van der Waals surface area contributed by atoms with Crippen LogP contribution in [0.15, 0.2) is 58.9 Å². The molecule has 0 heterocycles. The molecule has 31 heavy (non-hydrogen) atoms. The molecular weight excluding hydrogens is 388 g/mol. The van der Waals surface area contributed by atoms with Crippen LogP contribution < -0.4 is 0 Å². The van der Waals surface area contributed by atoms with Crippen LogP contribution in [-0.4, -0.2) is 16.7 Å². The number of ether oxygens (including phenoxy) is 1. The van der Waals surface area contributed by atoms with E-state index in [0.29, 0.717) is 36.2 Å². The number of aromatic hydroxyl groups is 2. The number of carbonyl (C=O) groups is 1. The average molecular weight is 427 g/mol. The van der Waals surface area contributed by atoms with Crippen LogP contribution in [0.1, 0.15) is 77.3 Å². The van der Waals surface area contributed by atoms with E-state index in [9.17, 15) is 15.0 Å². The topological polar surface area (TPSA) is 66.8 Å². The van der Waals surface area contributed by atoms with Gasteiger partial charge < -0.3 is 14.9 Å². The normalized spacial score (nSPS) is 12.6. The zero-order valence-corrected chi connectivity index (χ0v) is 19.7. The minimum atomic E-state index is 0.108. The summed E-state index contributed by atoms with van der Waals surface area (Å²) in [5, 5.41) is 19.9. The molecule has 0 aromatic heterocycles. The molecule has 4 heteroatoms. The van der Waals surface area contributed by atoms with E-state index >= 15 is 0 Å². The van der Waals surface area contributed by atoms with Crippen molar-refractivity contribution in [2.24, 2.45) is 0 Å². The molecule has 0 saturated carbocycles. The molecule has 0 aliphatic heterocycles. The standard InChI is InChI=1S/C27H38O4/c1-20(2)9-6-10-21(3)11-7-12-22(4)13-8-14-26(31-19-28)16-15-24-18-25(29)17-23(5)27(24)30/h9,11,13,16-19,29-30H,6-8,10,12,14-15H2,1-5H3/b21-11+,22-13+,26-16-. The van der Waals surface area contributed by atoms with Crippen molar-refractivity contribution in [3.8, 4) is 11.5 Å². The van der Waals surface area contributed by atoms with Crippen LogP contribution in [0.5, 0.6) is 11.5 Å². The monoisotopic (exact) mass is 426 g/mol. The van der Waals surface area contributed by atoms with Crippen LogP contribution in [0.2, 0.25) is 0 Å². The summed E-state index contributed by atoms with van der Waals surface area (Å²) in [6.45, 7) is 10.7. The van der Waals surface area contributed by atoms with Gasteiger partial charge in [-0.2, -0.15) is 0 Å². The Morgan fingerprint density at radius 1 is 0.871 bits per heavy atom. The highest BCUT2D eigenvalue weighted by Gasteiger charge is 2.07. The maximum Gasteiger partial charge on any atom is 0.298 e. The Kier molecular flexibility index (Phi) is 12.1. The van der Waals surface area contributed by atoms with E-state index in [1.807, 2.05) is 0 Å². The van der Waals surface area contributed by atoms with Crippen LogP contribution in [0, 0.1) is 6.92 Å². The molecule has 0 amide bonds. The Bertz CT molecular complexity index is 837. The summed E-state index contributed by atoms with van der Waals surface area (Å²) in [7, 11) is 0. The van der Waals surface area contributed by atoms with Crippen LogP contribution in [0.3, 0.4) is 0 Å². The zero-order chi connectivity index (χ0) is 23.2. The van der Waals surface area contributed by atoms with Crippen molar-refractivity contribution in [1.29, 1.82) is 0 Å². The molecule has 1 aromatic carbocycles. The second kappa shape index (κ2) is 14.3. The Morgan fingerprint density at radius 3 is 2.03 bits per heavy atom. The van der Waals surface area contributed by atoms with Gasteiger partial charge in [-0.1, -0.05) is 34.9 Å². The Balaban J connectivity index is 2.55. The molecule has 1 aromatic rings. The predicted molar refractivity (Wildman–Crippen MR) is 128 cm³/mol. The van der Waals surface area contributed by atoms with E-state index in [0.717, 1.165) is 32.1 Å². The number of carbonyl (C=O) groups excluding carboxylic acids is 1. The molecule has 4 nitrogen and oxygen atoms in total. The summed E-state index contributed by atoms with van der Waals surface area (Å²) >= 11 is 0. The van der Waals surface area contributed by atoms with Gasteiger partial charge in [0.05, 0.1) is 0 Å². The first kappa shape index (κ1) is 26.3. The van der Waals surface area contributed by atoms with Crippen molar-refractivity contribution in [2.75, 3.05) is 0 Å². The van der Waals surface area contributed by atoms with Gasteiger partial charge in [-0.3, -0.25) is 4.79 Å². The van der Waals surface area contributed by atoms with E-state index in [4.69, 9.17) is 4.74 Å². The highest BCUT2D eigenvalue weighted by atomic mass is 16.5. The van der Waals surface area contributed by atoms with Gasteiger partial charge >= 0.3 is 0 Å². The Hall–Kier alpha value is -2.75. The zero-order valence-electron chi connectivity index (χ0n) is 19.7. The number of allylic oxidation sites excluding steroid dienone is 8. The van der Waals surface area contributed by atoms with Gasteiger partial charge in [0.1, 0.15) is 17.3 Å². The fraction of sp³-hybridized carbons (Fsp3) is 0.444. The Morgan fingerprint density at radius 2 is 1.45 bits per heavy atom. The second-order valence-corrected chi connectivity index (χ2v) is 8.36. The summed E-state index contributed by atoms with van der Waals surface area (Å²) in [6.07, 6.45) is 14.6. The van der Waals surface area contributed by atoms with Gasteiger partial charge in [0.2, 0.25) is 0 Å². The molecule has 1 rings (SSSR count). The summed E-state index contributed by atoms with van der Waals surface area (Å²) in [5.74, 6) is 0.824. The Labute approximate surface area is 187 Å². The largest absolute Gasteiger partial charge is 0.508 e. The molecule has 0 spiro atoms. The van der Waals surface area contributed by atoms with Crippen molar-refractivity contribution in [3.05, 3.63) is 70.0 Å². The molecule has 0 aliphatic carbocycles. The van der Waals surface area contributed by atoms with Crippen molar-refractivity contribution >= 4 is 6.47 Å². The summed E-state index contributed by atoms with van der Waals surface area (Å²) < 4.78 is 5.11. The summed E-state index contributed by atoms with van der Waals surface area (Å²) in [5.41, 5.74) is 5.33. The van der Waals surface area contributed by atoms with Crippen molar-refractivity contribution in [3.63, 3.8) is 0 Å². The quantitative estimate of drug-likeness (QED) is 0.151. The lowest BCUT2D eigenvalue weighted by Crippen LogP contribution is -1.93. The molecule has 170 valence electrons. The molecule has 0 fully saturated rings.